The molecule has 7 nitrogen and oxygen atoms in total. The molecule has 1 aromatic heterocycles. The quantitative estimate of drug-likeness (QED) is 0.910. The molecule has 2 aromatic rings. The van der Waals surface area contributed by atoms with Crippen molar-refractivity contribution in [3.8, 4) is 5.69 Å². The molecule has 3 rings (SSSR count). The van der Waals surface area contributed by atoms with Crippen molar-refractivity contribution in [2.45, 2.75) is 32.2 Å². The lowest BCUT2D eigenvalue weighted by Crippen LogP contribution is -2.41. The van der Waals surface area contributed by atoms with Crippen LogP contribution in [0.15, 0.2) is 24.3 Å². The minimum absolute atomic E-state index is 0.0621. The third-order valence-corrected chi connectivity index (χ3v) is 4.17. The van der Waals surface area contributed by atoms with Gasteiger partial charge >= 0.3 is 0 Å². The van der Waals surface area contributed by atoms with Crippen LogP contribution in [0.1, 0.15) is 42.6 Å². The molecule has 1 unspecified atom stereocenters. The van der Waals surface area contributed by atoms with Gasteiger partial charge in [-0.2, -0.15) is 0 Å². The van der Waals surface area contributed by atoms with Crippen molar-refractivity contribution in [2.75, 3.05) is 13.6 Å². The number of likely N-dealkylation sites (tertiary alicyclic amines) is 1. The molecule has 0 spiro atoms. The molecule has 0 radical (unpaired) electrons. The molecule has 1 aliphatic rings. The maximum Gasteiger partial charge on any atom is 0.291 e. The van der Waals surface area contributed by atoms with Crippen LogP contribution < -0.4 is 5.32 Å². The van der Waals surface area contributed by atoms with Gasteiger partial charge in [0.2, 0.25) is 11.7 Å². The summed E-state index contributed by atoms with van der Waals surface area (Å²) in [6.45, 7) is 4.37. The molecule has 25 heavy (non-hydrogen) atoms. The fraction of sp³-hybridized carbons (Fsp3) is 0.412. The Kier molecular flexibility index (Phi) is 4.52. The van der Waals surface area contributed by atoms with Crippen molar-refractivity contribution in [1.82, 2.24) is 25.0 Å². The topological polar surface area (TPSA) is 80.1 Å². The molecular weight excluding hydrogens is 325 g/mol. The number of hydrogen-bond donors (Lipinski definition) is 1. The normalized spacial score (nSPS) is 17.4. The summed E-state index contributed by atoms with van der Waals surface area (Å²) in [5.74, 6) is -0.780. The highest BCUT2D eigenvalue weighted by atomic mass is 19.1. The molecule has 1 N–H and O–H groups in total. The second kappa shape index (κ2) is 6.62. The largest absolute Gasteiger partial charge is 0.344 e. The van der Waals surface area contributed by atoms with E-state index in [-0.39, 0.29) is 23.3 Å². The predicted octanol–water partition coefficient (Wildman–Crippen LogP) is 1.49. The van der Waals surface area contributed by atoms with Crippen molar-refractivity contribution >= 4 is 11.8 Å². The van der Waals surface area contributed by atoms with Crippen molar-refractivity contribution in [3.63, 3.8) is 0 Å². The van der Waals surface area contributed by atoms with E-state index in [0.717, 1.165) is 0 Å². The number of rotatable bonds is 4. The van der Waals surface area contributed by atoms with Crippen LogP contribution in [-0.4, -0.2) is 51.1 Å². The van der Waals surface area contributed by atoms with Gasteiger partial charge in [-0.3, -0.25) is 9.59 Å². The van der Waals surface area contributed by atoms with E-state index in [1.54, 1.807) is 30.1 Å². The van der Waals surface area contributed by atoms with Gasteiger partial charge in [-0.15, -0.1) is 5.10 Å². The summed E-state index contributed by atoms with van der Waals surface area (Å²) in [7, 11) is 1.69. The van der Waals surface area contributed by atoms with Gasteiger partial charge in [0.1, 0.15) is 23.4 Å². The third-order valence-electron chi connectivity index (χ3n) is 4.17. The van der Waals surface area contributed by atoms with E-state index < -0.39 is 17.8 Å². The molecule has 8 heteroatoms. The first-order valence-electron chi connectivity index (χ1n) is 8.16. The lowest BCUT2D eigenvalue weighted by Gasteiger charge is -2.10. The summed E-state index contributed by atoms with van der Waals surface area (Å²) in [5, 5.41) is 6.84. The van der Waals surface area contributed by atoms with E-state index in [9.17, 15) is 14.0 Å². The summed E-state index contributed by atoms with van der Waals surface area (Å²) in [5.41, 5.74) is 0.231. The SMILES string of the molecule is CC(C)c1nc(C(=O)NC2CCN(C)C2=O)nn1-c1ccccc1F. The molecule has 2 heterocycles. The van der Waals surface area contributed by atoms with Crippen LogP contribution in [0, 0.1) is 5.82 Å². The van der Waals surface area contributed by atoms with E-state index in [2.05, 4.69) is 15.4 Å². The minimum atomic E-state index is -0.569. The number of para-hydroxylation sites is 1. The molecule has 1 atom stereocenters. The fourth-order valence-corrected chi connectivity index (χ4v) is 2.77. The lowest BCUT2D eigenvalue weighted by atomic mass is 10.2. The van der Waals surface area contributed by atoms with E-state index >= 15 is 0 Å². The van der Waals surface area contributed by atoms with Gasteiger partial charge in [-0.25, -0.2) is 14.1 Å². The van der Waals surface area contributed by atoms with Crippen molar-refractivity contribution in [3.05, 3.63) is 41.7 Å². The van der Waals surface area contributed by atoms with Crippen molar-refractivity contribution in [2.24, 2.45) is 0 Å². The number of carbonyl (C=O) groups is 2. The second-order valence-corrected chi connectivity index (χ2v) is 6.39. The third kappa shape index (κ3) is 3.24. The molecule has 0 saturated carbocycles. The Labute approximate surface area is 144 Å². The van der Waals surface area contributed by atoms with Gasteiger partial charge < -0.3 is 10.2 Å². The van der Waals surface area contributed by atoms with E-state index in [1.165, 1.54) is 10.7 Å². The van der Waals surface area contributed by atoms with Gasteiger partial charge in [0.05, 0.1) is 0 Å². The molecular formula is C17H20FN5O2. The Morgan fingerprint density at radius 3 is 2.68 bits per heavy atom. The van der Waals surface area contributed by atoms with Crippen LogP contribution in [0.3, 0.4) is 0 Å². The molecule has 1 fully saturated rings. The van der Waals surface area contributed by atoms with Gasteiger partial charge in [0.15, 0.2) is 0 Å². The smallest absolute Gasteiger partial charge is 0.291 e. The first-order chi connectivity index (χ1) is 11.9. The molecule has 0 bridgehead atoms. The summed E-state index contributed by atoms with van der Waals surface area (Å²) in [6.07, 6.45) is 0.548. The zero-order chi connectivity index (χ0) is 18.1. The number of nitrogens with zero attached hydrogens (tertiary/aromatic N) is 4. The standard InChI is InChI=1S/C17H20FN5O2/c1-10(2)15-20-14(16(24)19-12-8-9-22(3)17(12)25)21-23(15)13-7-5-4-6-11(13)18/h4-7,10,12H,8-9H2,1-3H3,(H,19,24). The molecule has 0 aliphatic carbocycles. The molecule has 1 saturated heterocycles. The van der Waals surface area contributed by atoms with Crippen LogP contribution in [0.2, 0.25) is 0 Å². The van der Waals surface area contributed by atoms with Gasteiger partial charge in [0, 0.05) is 19.5 Å². The number of likely N-dealkylation sites (N-methyl/N-ethyl adjacent to an activating group) is 1. The summed E-state index contributed by atoms with van der Waals surface area (Å²) in [4.78, 5) is 30.2. The highest BCUT2D eigenvalue weighted by molar-refractivity contribution is 5.95. The van der Waals surface area contributed by atoms with Crippen LogP contribution in [0.5, 0.6) is 0 Å². The first kappa shape index (κ1) is 17.1. The number of amides is 2. The Morgan fingerprint density at radius 1 is 1.36 bits per heavy atom. The molecule has 2 amide bonds. The van der Waals surface area contributed by atoms with Crippen LogP contribution >= 0.6 is 0 Å². The lowest BCUT2D eigenvalue weighted by molar-refractivity contribution is -0.128. The van der Waals surface area contributed by atoms with Crippen molar-refractivity contribution < 1.29 is 14.0 Å². The average molecular weight is 345 g/mol. The average Bonchev–Trinajstić information content (AvgIpc) is 3.15. The van der Waals surface area contributed by atoms with Gasteiger partial charge in [0.25, 0.3) is 5.91 Å². The van der Waals surface area contributed by atoms with Gasteiger partial charge in [-0.1, -0.05) is 26.0 Å². The Balaban J connectivity index is 1.90. The summed E-state index contributed by atoms with van der Waals surface area (Å²) >= 11 is 0. The van der Waals surface area contributed by atoms with Crippen LogP contribution in [0.4, 0.5) is 4.39 Å². The Bertz CT molecular complexity index is 817. The van der Waals surface area contributed by atoms with Crippen molar-refractivity contribution in [1.29, 1.82) is 0 Å². The van der Waals surface area contributed by atoms with Gasteiger partial charge in [-0.05, 0) is 18.6 Å². The predicted molar refractivity (Wildman–Crippen MR) is 88.9 cm³/mol. The maximum atomic E-state index is 14.1. The summed E-state index contributed by atoms with van der Waals surface area (Å²) < 4.78 is 15.5. The zero-order valence-corrected chi connectivity index (χ0v) is 14.4. The number of carbonyl (C=O) groups excluding carboxylic acids is 2. The highest BCUT2D eigenvalue weighted by Gasteiger charge is 2.32. The highest BCUT2D eigenvalue weighted by Crippen LogP contribution is 2.20. The fourth-order valence-electron chi connectivity index (χ4n) is 2.77. The second-order valence-electron chi connectivity index (χ2n) is 6.39. The van der Waals surface area contributed by atoms with Crippen LogP contribution in [-0.2, 0) is 4.79 Å². The van der Waals surface area contributed by atoms with E-state index in [4.69, 9.17) is 0 Å². The number of aromatic nitrogens is 3. The zero-order valence-electron chi connectivity index (χ0n) is 14.4. The molecule has 1 aliphatic heterocycles. The summed E-state index contributed by atoms with van der Waals surface area (Å²) in [6, 6.07) is 5.61. The Morgan fingerprint density at radius 2 is 2.08 bits per heavy atom. The van der Waals surface area contributed by atoms with E-state index in [1.807, 2.05) is 13.8 Å². The monoisotopic (exact) mass is 345 g/mol. The number of nitrogens with one attached hydrogen (secondary N) is 1. The molecule has 132 valence electrons. The first-order valence-corrected chi connectivity index (χ1v) is 8.16. The number of benzene rings is 1. The number of halogens is 1. The Hall–Kier alpha value is -2.77. The number of hydrogen-bond acceptors (Lipinski definition) is 4. The van der Waals surface area contributed by atoms with Crippen LogP contribution in [0.25, 0.3) is 5.69 Å². The molecule has 1 aromatic carbocycles. The maximum absolute atomic E-state index is 14.1. The van der Waals surface area contributed by atoms with E-state index in [0.29, 0.717) is 18.8 Å². The minimum Gasteiger partial charge on any atom is -0.344 e.